The van der Waals surface area contributed by atoms with E-state index >= 15 is 0 Å². The van der Waals surface area contributed by atoms with Gasteiger partial charge in [-0.2, -0.15) is 0 Å². The molecule has 1 unspecified atom stereocenters. The Hall–Kier alpha value is -2.14. The van der Waals surface area contributed by atoms with Crippen LogP contribution >= 0.6 is 11.6 Å². The Morgan fingerprint density at radius 2 is 1.88 bits per heavy atom. The van der Waals surface area contributed by atoms with E-state index in [2.05, 4.69) is 5.32 Å². The molecule has 0 spiro atoms. The molecule has 124 valence electrons. The molecule has 1 heterocycles. The molecule has 0 bridgehead atoms. The van der Waals surface area contributed by atoms with Crippen LogP contribution in [0.5, 0.6) is 0 Å². The van der Waals surface area contributed by atoms with Gasteiger partial charge in [-0.05, 0) is 35.9 Å². The van der Waals surface area contributed by atoms with Gasteiger partial charge in [-0.1, -0.05) is 41.9 Å². The number of furan rings is 1. The number of hydrogen-bond donors (Lipinski definition) is 2. The van der Waals surface area contributed by atoms with Gasteiger partial charge in [0.25, 0.3) is 0 Å². The van der Waals surface area contributed by atoms with Gasteiger partial charge >= 0.3 is 0 Å². The van der Waals surface area contributed by atoms with Crippen LogP contribution in [0.4, 0.5) is 4.39 Å². The lowest BCUT2D eigenvalue weighted by atomic mass is 10.1. The molecule has 2 aromatic carbocycles. The van der Waals surface area contributed by atoms with E-state index in [1.54, 1.807) is 6.07 Å². The monoisotopic (exact) mass is 345 g/mol. The minimum Gasteiger partial charge on any atom is -0.460 e. The summed E-state index contributed by atoms with van der Waals surface area (Å²) in [7, 11) is 0. The first-order valence-electron chi connectivity index (χ1n) is 7.61. The molecule has 3 nitrogen and oxygen atoms in total. The molecule has 0 aliphatic heterocycles. The lowest BCUT2D eigenvalue weighted by Gasteiger charge is -2.11. The third-order valence-corrected chi connectivity index (χ3v) is 3.98. The summed E-state index contributed by atoms with van der Waals surface area (Å²) in [4.78, 5) is 0. The Bertz CT molecular complexity index is 804. The first kappa shape index (κ1) is 16.7. The smallest absolute Gasteiger partial charge is 0.141 e. The number of nitrogens with one attached hydrogen (secondary N) is 1. The van der Waals surface area contributed by atoms with Gasteiger partial charge in [0.15, 0.2) is 0 Å². The number of benzene rings is 2. The summed E-state index contributed by atoms with van der Waals surface area (Å²) in [5.41, 5.74) is 1.59. The number of hydrogen-bond acceptors (Lipinski definition) is 3. The fourth-order valence-electron chi connectivity index (χ4n) is 2.40. The van der Waals surface area contributed by atoms with Crippen molar-refractivity contribution in [2.45, 2.75) is 12.6 Å². The molecular weight excluding hydrogens is 329 g/mol. The van der Waals surface area contributed by atoms with Crippen molar-refractivity contribution in [2.24, 2.45) is 0 Å². The fraction of sp³-hybridized carbons (Fsp3) is 0.158. The van der Waals surface area contributed by atoms with Gasteiger partial charge in [-0.15, -0.1) is 0 Å². The predicted molar refractivity (Wildman–Crippen MR) is 92.2 cm³/mol. The van der Waals surface area contributed by atoms with Crippen LogP contribution in [0.2, 0.25) is 5.02 Å². The average molecular weight is 346 g/mol. The third-order valence-electron chi connectivity index (χ3n) is 3.69. The predicted octanol–water partition coefficient (Wildman–Crippen LogP) is 4.56. The highest BCUT2D eigenvalue weighted by Gasteiger charge is 2.09. The molecule has 0 saturated heterocycles. The van der Waals surface area contributed by atoms with Crippen molar-refractivity contribution < 1.29 is 13.9 Å². The second-order valence-electron chi connectivity index (χ2n) is 5.45. The van der Waals surface area contributed by atoms with Gasteiger partial charge in [0, 0.05) is 12.1 Å². The van der Waals surface area contributed by atoms with Crippen LogP contribution in [-0.2, 0) is 6.54 Å². The molecule has 1 atom stereocenters. The SMILES string of the molecule is OC(CNCc1ccc(-c2ccc(F)c(Cl)c2)o1)c1ccccc1. The van der Waals surface area contributed by atoms with Crippen LogP contribution in [0.15, 0.2) is 65.1 Å². The Kier molecular flexibility index (Phi) is 5.30. The Morgan fingerprint density at radius 3 is 2.62 bits per heavy atom. The van der Waals surface area contributed by atoms with E-state index < -0.39 is 11.9 Å². The zero-order valence-corrected chi connectivity index (χ0v) is 13.6. The van der Waals surface area contributed by atoms with Crippen LogP contribution in [0.1, 0.15) is 17.4 Å². The summed E-state index contributed by atoms with van der Waals surface area (Å²) in [6.07, 6.45) is -0.573. The number of rotatable bonds is 6. The molecule has 0 amide bonds. The zero-order chi connectivity index (χ0) is 16.9. The Morgan fingerprint density at radius 1 is 1.08 bits per heavy atom. The van der Waals surface area contributed by atoms with Gasteiger partial charge < -0.3 is 14.8 Å². The zero-order valence-electron chi connectivity index (χ0n) is 12.9. The molecule has 0 aliphatic carbocycles. The van der Waals surface area contributed by atoms with E-state index in [0.29, 0.717) is 18.8 Å². The van der Waals surface area contributed by atoms with Gasteiger partial charge in [0.05, 0.1) is 17.7 Å². The lowest BCUT2D eigenvalue weighted by molar-refractivity contribution is 0.173. The van der Waals surface area contributed by atoms with Gasteiger partial charge in [0.1, 0.15) is 17.3 Å². The maximum atomic E-state index is 13.2. The standard InChI is InChI=1S/C19H17ClFNO2/c20-16-10-14(6-8-17(16)21)19-9-7-15(24-19)11-22-12-18(23)13-4-2-1-3-5-13/h1-10,18,22-23H,11-12H2. The lowest BCUT2D eigenvalue weighted by Crippen LogP contribution is -2.20. The number of halogens is 2. The fourth-order valence-corrected chi connectivity index (χ4v) is 2.58. The third kappa shape index (κ3) is 4.03. The molecule has 0 aliphatic rings. The first-order valence-corrected chi connectivity index (χ1v) is 7.99. The molecular formula is C19H17ClFNO2. The van der Waals surface area contributed by atoms with Crippen molar-refractivity contribution in [1.82, 2.24) is 5.32 Å². The summed E-state index contributed by atoms with van der Waals surface area (Å²) < 4.78 is 18.9. The molecule has 0 saturated carbocycles. The van der Waals surface area contributed by atoms with Crippen LogP contribution in [0.25, 0.3) is 11.3 Å². The molecule has 2 N–H and O–H groups in total. The second kappa shape index (κ2) is 7.62. The highest BCUT2D eigenvalue weighted by molar-refractivity contribution is 6.31. The molecule has 0 fully saturated rings. The van der Waals surface area contributed by atoms with Crippen molar-refractivity contribution in [3.63, 3.8) is 0 Å². The van der Waals surface area contributed by atoms with Crippen LogP contribution in [-0.4, -0.2) is 11.7 Å². The summed E-state index contributed by atoms with van der Waals surface area (Å²) in [5, 5.41) is 13.3. The molecule has 5 heteroatoms. The van der Waals surface area contributed by atoms with E-state index in [-0.39, 0.29) is 5.02 Å². The van der Waals surface area contributed by atoms with Crippen molar-refractivity contribution >= 4 is 11.6 Å². The van der Waals surface area contributed by atoms with Crippen LogP contribution in [0, 0.1) is 5.82 Å². The topological polar surface area (TPSA) is 45.4 Å². The van der Waals surface area contributed by atoms with E-state index in [1.165, 1.54) is 12.1 Å². The summed E-state index contributed by atoms with van der Waals surface area (Å²) >= 11 is 5.79. The van der Waals surface area contributed by atoms with Crippen molar-refractivity contribution in [3.05, 3.63) is 82.8 Å². The first-order chi connectivity index (χ1) is 11.6. The largest absolute Gasteiger partial charge is 0.460 e. The number of aliphatic hydroxyl groups excluding tert-OH is 1. The molecule has 24 heavy (non-hydrogen) atoms. The summed E-state index contributed by atoms with van der Waals surface area (Å²) in [6.45, 7) is 0.904. The van der Waals surface area contributed by atoms with E-state index in [9.17, 15) is 9.50 Å². The van der Waals surface area contributed by atoms with Gasteiger partial charge in [-0.25, -0.2) is 4.39 Å². The maximum Gasteiger partial charge on any atom is 0.141 e. The Labute approximate surface area is 144 Å². The quantitative estimate of drug-likeness (QED) is 0.688. The minimum absolute atomic E-state index is 0.0644. The number of aliphatic hydroxyl groups is 1. The summed E-state index contributed by atoms with van der Waals surface area (Å²) in [5.74, 6) is 0.895. The molecule has 0 radical (unpaired) electrons. The highest BCUT2D eigenvalue weighted by atomic mass is 35.5. The normalized spacial score (nSPS) is 12.3. The van der Waals surface area contributed by atoms with E-state index in [0.717, 1.165) is 16.9 Å². The van der Waals surface area contributed by atoms with Gasteiger partial charge in [0.2, 0.25) is 0 Å². The molecule has 3 aromatic rings. The Balaban J connectivity index is 1.57. The highest BCUT2D eigenvalue weighted by Crippen LogP contribution is 2.26. The minimum atomic E-state index is -0.573. The van der Waals surface area contributed by atoms with Crippen molar-refractivity contribution in [3.8, 4) is 11.3 Å². The molecule has 3 rings (SSSR count). The van der Waals surface area contributed by atoms with Crippen LogP contribution in [0.3, 0.4) is 0 Å². The molecule has 1 aromatic heterocycles. The summed E-state index contributed by atoms with van der Waals surface area (Å²) in [6, 6.07) is 17.6. The van der Waals surface area contributed by atoms with Gasteiger partial charge in [-0.3, -0.25) is 0 Å². The van der Waals surface area contributed by atoms with Crippen LogP contribution < -0.4 is 5.32 Å². The van der Waals surface area contributed by atoms with E-state index in [4.69, 9.17) is 16.0 Å². The van der Waals surface area contributed by atoms with Crippen molar-refractivity contribution in [2.75, 3.05) is 6.54 Å². The van der Waals surface area contributed by atoms with Crippen molar-refractivity contribution in [1.29, 1.82) is 0 Å². The maximum absolute atomic E-state index is 13.2. The second-order valence-corrected chi connectivity index (χ2v) is 5.86. The van der Waals surface area contributed by atoms with E-state index in [1.807, 2.05) is 42.5 Å². The average Bonchev–Trinajstić information content (AvgIpc) is 3.07.